The van der Waals surface area contributed by atoms with E-state index in [2.05, 4.69) is 10.3 Å². The van der Waals surface area contributed by atoms with Gasteiger partial charge in [0.1, 0.15) is 6.04 Å². The molecule has 0 amide bonds. The average Bonchev–Trinajstić information content (AvgIpc) is 3.19. The molecule has 1 fully saturated rings. The third-order valence-electron chi connectivity index (χ3n) is 4.38. The van der Waals surface area contributed by atoms with E-state index < -0.39 is 16.9 Å². The number of nitrogens with one attached hydrogen (secondary N) is 1. The van der Waals surface area contributed by atoms with Crippen molar-refractivity contribution in [1.82, 2.24) is 10.3 Å². The monoisotopic (exact) mass is 413 g/mol. The normalized spacial score (nSPS) is 19.0. The first-order valence-corrected chi connectivity index (χ1v) is 10.3. The van der Waals surface area contributed by atoms with Gasteiger partial charge in [-0.3, -0.25) is 25.2 Å². The lowest BCUT2D eigenvalue weighted by atomic mass is 10.2. The number of carboxylic acids is 1. The summed E-state index contributed by atoms with van der Waals surface area (Å²) in [5.74, 6) is -0.494. The van der Waals surface area contributed by atoms with Gasteiger partial charge in [-0.05, 0) is 23.8 Å². The summed E-state index contributed by atoms with van der Waals surface area (Å²) in [7, 11) is 0. The summed E-state index contributed by atoms with van der Waals surface area (Å²) in [6.07, 6.45) is 1.70. The molecule has 9 heteroatoms. The van der Waals surface area contributed by atoms with Gasteiger partial charge in [0.2, 0.25) is 0 Å². The van der Waals surface area contributed by atoms with E-state index in [9.17, 15) is 14.9 Å². The Labute approximate surface area is 168 Å². The number of aliphatic carboxylic acids is 1. The number of pyridine rings is 1. The molecule has 3 aromatic rings. The van der Waals surface area contributed by atoms with Crippen molar-refractivity contribution in [3.8, 4) is 0 Å². The van der Waals surface area contributed by atoms with Crippen molar-refractivity contribution >= 4 is 46.1 Å². The topological polar surface area (TPSA) is 105 Å². The van der Waals surface area contributed by atoms with Gasteiger partial charge in [-0.1, -0.05) is 36.0 Å². The molecule has 7 nitrogen and oxygen atoms in total. The second-order valence-electron chi connectivity index (χ2n) is 6.19. The molecule has 1 aliphatic rings. The minimum atomic E-state index is -0.917. The van der Waals surface area contributed by atoms with Crippen LogP contribution in [-0.2, 0) is 4.79 Å². The molecule has 142 valence electrons. The van der Waals surface area contributed by atoms with Gasteiger partial charge in [0.25, 0.3) is 5.69 Å². The molecule has 1 saturated heterocycles. The van der Waals surface area contributed by atoms with Crippen LogP contribution in [0.5, 0.6) is 0 Å². The maximum absolute atomic E-state index is 11.7. The molecule has 4 rings (SSSR count). The van der Waals surface area contributed by atoms with E-state index in [0.29, 0.717) is 16.2 Å². The van der Waals surface area contributed by atoms with E-state index in [1.807, 2.05) is 36.4 Å². The van der Waals surface area contributed by atoms with Gasteiger partial charge in [-0.15, -0.1) is 11.8 Å². The van der Waals surface area contributed by atoms with Crippen LogP contribution in [0, 0.1) is 10.1 Å². The lowest BCUT2D eigenvalue weighted by Gasteiger charge is -2.13. The number of hydrogen-bond donors (Lipinski definition) is 2. The third kappa shape index (κ3) is 3.68. The van der Waals surface area contributed by atoms with Gasteiger partial charge < -0.3 is 5.11 Å². The first-order chi connectivity index (χ1) is 13.5. The number of aromatic nitrogens is 1. The zero-order valence-electron chi connectivity index (χ0n) is 14.4. The number of carboxylic acid groups (broad SMARTS) is 1. The number of rotatable bonds is 5. The molecule has 28 heavy (non-hydrogen) atoms. The molecule has 1 aliphatic heterocycles. The number of nitro groups is 1. The molecule has 2 aromatic carbocycles. The van der Waals surface area contributed by atoms with E-state index in [1.54, 1.807) is 12.3 Å². The Balaban J connectivity index is 1.66. The van der Waals surface area contributed by atoms with Gasteiger partial charge in [-0.25, -0.2) is 0 Å². The van der Waals surface area contributed by atoms with Crippen LogP contribution in [0.4, 0.5) is 5.69 Å². The Bertz CT molecular complexity index is 1070. The maximum atomic E-state index is 11.7. The lowest BCUT2D eigenvalue weighted by molar-refractivity contribution is -0.387. The van der Waals surface area contributed by atoms with E-state index >= 15 is 0 Å². The number of benzene rings is 2. The van der Waals surface area contributed by atoms with Gasteiger partial charge in [-0.2, -0.15) is 0 Å². The van der Waals surface area contributed by atoms with E-state index in [4.69, 9.17) is 5.11 Å². The Morgan fingerprint density at radius 3 is 2.82 bits per heavy atom. The predicted octanol–water partition coefficient (Wildman–Crippen LogP) is 4.08. The highest BCUT2D eigenvalue weighted by atomic mass is 32.2. The predicted molar refractivity (Wildman–Crippen MR) is 109 cm³/mol. The lowest BCUT2D eigenvalue weighted by Crippen LogP contribution is -2.33. The fourth-order valence-electron chi connectivity index (χ4n) is 3.01. The zero-order chi connectivity index (χ0) is 19.7. The van der Waals surface area contributed by atoms with Crippen molar-refractivity contribution in [2.75, 3.05) is 5.75 Å². The molecule has 0 aliphatic carbocycles. The smallest absolute Gasteiger partial charge is 0.321 e. The number of nitro benzene ring substituents is 1. The zero-order valence-corrected chi connectivity index (χ0v) is 16.1. The van der Waals surface area contributed by atoms with Crippen molar-refractivity contribution in [3.05, 3.63) is 70.4 Å². The van der Waals surface area contributed by atoms with Gasteiger partial charge in [0.15, 0.2) is 0 Å². The number of fused-ring (bicyclic) bond motifs is 1. The summed E-state index contributed by atoms with van der Waals surface area (Å²) in [4.78, 5) is 28.1. The van der Waals surface area contributed by atoms with Crippen molar-refractivity contribution in [3.63, 3.8) is 0 Å². The Morgan fingerprint density at radius 2 is 2.07 bits per heavy atom. The standard InChI is InChI=1S/C19H15N3O4S2/c23-19(24)13-10-27-18(21-13)12-6-7-15(14(9-12)22(25)26)28-16-5-1-3-11-4-2-8-20-17(11)16/h1-9,13,18,21H,10H2,(H,23,24)/t13-,18-/m1/s1. The summed E-state index contributed by atoms with van der Waals surface area (Å²) < 4.78 is 0. The number of hydrogen-bond acceptors (Lipinski definition) is 7. The quantitative estimate of drug-likeness (QED) is 0.476. The van der Waals surface area contributed by atoms with E-state index in [0.717, 1.165) is 15.8 Å². The van der Waals surface area contributed by atoms with Crippen LogP contribution in [0.2, 0.25) is 0 Å². The van der Waals surface area contributed by atoms with Crippen LogP contribution in [0.1, 0.15) is 10.9 Å². The maximum Gasteiger partial charge on any atom is 0.321 e. The summed E-state index contributed by atoms with van der Waals surface area (Å²) in [5.41, 5.74) is 1.49. The van der Waals surface area contributed by atoms with Crippen molar-refractivity contribution in [2.24, 2.45) is 0 Å². The first kappa shape index (κ1) is 18.7. The highest BCUT2D eigenvalue weighted by molar-refractivity contribution is 8.00. The van der Waals surface area contributed by atoms with E-state index in [-0.39, 0.29) is 11.1 Å². The number of thioether (sulfide) groups is 1. The Hall–Kier alpha value is -2.62. The fraction of sp³-hybridized carbons (Fsp3) is 0.158. The molecule has 0 unspecified atom stereocenters. The minimum Gasteiger partial charge on any atom is -0.480 e. The molecule has 2 N–H and O–H groups in total. The highest BCUT2D eigenvalue weighted by Crippen LogP contribution is 2.41. The largest absolute Gasteiger partial charge is 0.480 e. The van der Waals surface area contributed by atoms with Crippen molar-refractivity contribution in [2.45, 2.75) is 21.2 Å². The van der Waals surface area contributed by atoms with Gasteiger partial charge >= 0.3 is 5.97 Å². The third-order valence-corrected chi connectivity index (χ3v) is 6.76. The highest BCUT2D eigenvalue weighted by Gasteiger charge is 2.31. The van der Waals surface area contributed by atoms with Crippen LogP contribution in [0.15, 0.2) is 64.5 Å². The van der Waals surface area contributed by atoms with Crippen LogP contribution < -0.4 is 5.32 Å². The number of nitrogens with zero attached hydrogens (tertiary/aromatic N) is 2. The molecular formula is C19H15N3O4S2. The van der Waals surface area contributed by atoms with Crippen LogP contribution in [0.3, 0.4) is 0 Å². The Morgan fingerprint density at radius 1 is 1.25 bits per heavy atom. The number of para-hydroxylation sites is 1. The summed E-state index contributed by atoms with van der Waals surface area (Å²) in [6, 6.07) is 13.9. The van der Waals surface area contributed by atoms with E-state index in [1.165, 1.54) is 29.6 Å². The SMILES string of the molecule is O=C(O)[C@H]1CS[C@H](c2ccc(Sc3cccc4cccnc34)c([N+](=O)[O-])c2)N1. The summed E-state index contributed by atoms with van der Waals surface area (Å²) >= 11 is 2.74. The van der Waals surface area contributed by atoms with Gasteiger partial charge in [0.05, 0.1) is 20.7 Å². The summed E-state index contributed by atoms with van der Waals surface area (Å²) in [5, 5.41) is 24.5. The molecule has 2 heterocycles. The molecule has 0 saturated carbocycles. The second-order valence-corrected chi connectivity index (χ2v) is 8.41. The molecule has 0 radical (unpaired) electrons. The number of carbonyl (C=O) groups is 1. The molecule has 0 spiro atoms. The Kier molecular flexibility index (Phi) is 5.21. The molecular weight excluding hydrogens is 398 g/mol. The molecule has 0 bridgehead atoms. The van der Waals surface area contributed by atoms with Crippen LogP contribution >= 0.6 is 23.5 Å². The van der Waals surface area contributed by atoms with Gasteiger partial charge in [0, 0.05) is 28.3 Å². The van der Waals surface area contributed by atoms with Crippen LogP contribution in [-0.4, -0.2) is 32.8 Å². The minimum absolute atomic E-state index is 0.00314. The first-order valence-electron chi connectivity index (χ1n) is 8.43. The van der Waals surface area contributed by atoms with Crippen molar-refractivity contribution < 1.29 is 14.8 Å². The fourth-order valence-corrected chi connectivity index (χ4v) is 5.26. The van der Waals surface area contributed by atoms with Crippen molar-refractivity contribution in [1.29, 1.82) is 0 Å². The molecule has 2 atom stereocenters. The average molecular weight is 413 g/mol. The second kappa shape index (κ2) is 7.78. The van der Waals surface area contributed by atoms with Crippen LogP contribution in [0.25, 0.3) is 10.9 Å². The summed E-state index contributed by atoms with van der Waals surface area (Å²) in [6.45, 7) is 0. The molecule has 1 aromatic heterocycles.